The van der Waals surface area contributed by atoms with E-state index in [1.165, 1.54) is 18.2 Å². The van der Waals surface area contributed by atoms with Crippen LogP contribution in [-0.4, -0.2) is 57.9 Å². The van der Waals surface area contributed by atoms with E-state index >= 15 is 0 Å². The summed E-state index contributed by atoms with van der Waals surface area (Å²) in [5.74, 6) is -0.847. The van der Waals surface area contributed by atoms with Gasteiger partial charge in [0.15, 0.2) is 0 Å². The molecular formula is C21H28ClF3N2O6S2. The maximum absolute atomic E-state index is 13.4. The molecule has 0 amide bonds. The number of ether oxygens (including phenoxy) is 1. The highest BCUT2D eigenvalue weighted by Crippen LogP contribution is 2.52. The van der Waals surface area contributed by atoms with Crippen molar-refractivity contribution in [1.82, 2.24) is 9.03 Å². The van der Waals surface area contributed by atoms with Gasteiger partial charge in [0, 0.05) is 24.7 Å². The summed E-state index contributed by atoms with van der Waals surface area (Å²) < 4.78 is 96.4. The second-order valence-electron chi connectivity index (χ2n) is 9.95. The van der Waals surface area contributed by atoms with Gasteiger partial charge in [0.05, 0.1) is 10.5 Å². The molecule has 2 aliphatic rings. The van der Waals surface area contributed by atoms with E-state index in [1.54, 1.807) is 25.5 Å². The Morgan fingerprint density at radius 2 is 1.71 bits per heavy atom. The van der Waals surface area contributed by atoms with Crippen LogP contribution in [0.25, 0.3) is 0 Å². The lowest BCUT2D eigenvalue weighted by Crippen LogP contribution is -2.50. The molecule has 0 spiro atoms. The first-order chi connectivity index (χ1) is 15.9. The summed E-state index contributed by atoms with van der Waals surface area (Å²) in [5, 5.41) is 0.146. The average molecular weight is 561 g/mol. The van der Waals surface area contributed by atoms with Gasteiger partial charge in [-0.2, -0.15) is 17.5 Å². The molecule has 2 fully saturated rings. The standard InChI is InChI=1S/C21H28ClF3N2O6S2/c1-19(2,3)33-18(28)16-12-15(22)6-7-17(16)34(29,30)27-10-8-20(9-11-27,14-4-5-14)13-26-35(31,32)21(23,24)25/h6-7,12,14,26H,4-5,8-11,13H2,1-3H3. The van der Waals surface area contributed by atoms with Crippen molar-refractivity contribution < 1.29 is 39.5 Å². The third kappa shape index (κ3) is 6.30. The number of esters is 1. The van der Waals surface area contributed by atoms with Gasteiger partial charge in [-0.05, 0) is 76.0 Å². The van der Waals surface area contributed by atoms with Gasteiger partial charge in [-0.15, -0.1) is 0 Å². The Morgan fingerprint density at radius 3 is 2.20 bits per heavy atom. The fourth-order valence-electron chi connectivity index (χ4n) is 4.28. The Morgan fingerprint density at radius 1 is 1.14 bits per heavy atom. The Kier molecular flexibility index (Phi) is 7.62. The quantitative estimate of drug-likeness (QED) is 0.506. The van der Waals surface area contributed by atoms with E-state index < -0.39 is 49.1 Å². The number of alkyl halides is 3. The molecule has 1 heterocycles. The zero-order valence-electron chi connectivity index (χ0n) is 19.5. The Bertz CT molecular complexity index is 1180. The Labute approximate surface area is 208 Å². The highest BCUT2D eigenvalue weighted by Gasteiger charge is 2.51. The van der Waals surface area contributed by atoms with E-state index in [2.05, 4.69) is 0 Å². The number of piperidine rings is 1. The highest BCUT2D eigenvalue weighted by atomic mass is 35.5. The largest absolute Gasteiger partial charge is 0.511 e. The second kappa shape index (κ2) is 9.47. The molecule has 1 aliphatic heterocycles. The van der Waals surface area contributed by atoms with E-state index in [0.717, 1.165) is 17.1 Å². The molecule has 0 radical (unpaired) electrons. The van der Waals surface area contributed by atoms with E-state index in [0.29, 0.717) is 0 Å². The smallest absolute Gasteiger partial charge is 0.456 e. The minimum atomic E-state index is -5.51. The topological polar surface area (TPSA) is 110 Å². The molecule has 35 heavy (non-hydrogen) atoms. The summed E-state index contributed by atoms with van der Waals surface area (Å²) in [4.78, 5) is 12.4. The number of carbonyl (C=O) groups excluding carboxylic acids is 1. The summed E-state index contributed by atoms with van der Waals surface area (Å²) in [5.41, 5.74) is -7.30. The molecule has 0 unspecified atom stereocenters. The van der Waals surface area contributed by atoms with Crippen LogP contribution in [0.3, 0.4) is 0 Å². The molecule has 8 nitrogen and oxygen atoms in total. The number of nitrogens with one attached hydrogen (secondary N) is 1. The minimum absolute atomic E-state index is 0.0103. The van der Waals surface area contributed by atoms with Crippen molar-refractivity contribution in [3.05, 3.63) is 28.8 Å². The molecule has 1 saturated heterocycles. The number of hydrogen-bond donors (Lipinski definition) is 1. The summed E-state index contributed by atoms with van der Waals surface area (Å²) in [6.45, 7) is 4.42. The third-order valence-electron chi connectivity index (χ3n) is 6.26. The van der Waals surface area contributed by atoms with Crippen LogP contribution in [0.15, 0.2) is 23.1 Å². The van der Waals surface area contributed by atoms with Gasteiger partial charge < -0.3 is 4.74 Å². The molecule has 1 aromatic rings. The zero-order chi connectivity index (χ0) is 26.4. The van der Waals surface area contributed by atoms with Crippen molar-refractivity contribution in [3.63, 3.8) is 0 Å². The first-order valence-electron chi connectivity index (χ1n) is 11.0. The summed E-state index contributed by atoms with van der Waals surface area (Å²) >= 11 is 6.00. The zero-order valence-corrected chi connectivity index (χ0v) is 21.9. The van der Waals surface area contributed by atoms with Crippen molar-refractivity contribution in [1.29, 1.82) is 0 Å². The van der Waals surface area contributed by atoms with Crippen molar-refractivity contribution in [2.24, 2.45) is 11.3 Å². The van der Waals surface area contributed by atoms with Crippen LogP contribution in [0, 0.1) is 11.3 Å². The van der Waals surface area contributed by atoms with Gasteiger partial charge >= 0.3 is 21.5 Å². The molecule has 14 heteroatoms. The Balaban J connectivity index is 1.82. The van der Waals surface area contributed by atoms with Crippen molar-refractivity contribution in [2.45, 2.75) is 62.5 Å². The maximum Gasteiger partial charge on any atom is 0.511 e. The predicted molar refractivity (Wildman–Crippen MR) is 123 cm³/mol. The SMILES string of the molecule is CC(C)(C)OC(=O)c1cc(Cl)ccc1S(=O)(=O)N1CCC(CNS(=O)(=O)C(F)(F)F)(C2CC2)CC1. The van der Waals surface area contributed by atoms with Crippen molar-refractivity contribution >= 4 is 37.6 Å². The third-order valence-corrected chi connectivity index (χ3v) is 9.58. The molecule has 1 aromatic carbocycles. The molecule has 3 rings (SSSR count). The fraction of sp³-hybridized carbons (Fsp3) is 0.667. The van der Waals surface area contributed by atoms with Gasteiger partial charge in [0.2, 0.25) is 10.0 Å². The van der Waals surface area contributed by atoms with Gasteiger partial charge in [-0.1, -0.05) is 11.6 Å². The molecule has 198 valence electrons. The van der Waals surface area contributed by atoms with Gasteiger partial charge in [0.25, 0.3) is 0 Å². The lowest BCUT2D eigenvalue weighted by molar-refractivity contribution is -0.0452. The second-order valence-corrected chi connectivity index (χ2v) is 14.1. The number of hydrogen-bond acceptors (Lipinski definition) is 6. The molecule has 1 N–H and O–H groups in total. The lowest BCUT2D eigenvalue weighted by Gasteiger charge is -2.42. The first-order valence-corrected chi connectivity index (χ1v) is 14.3. The van der Waals surface area contributed by atoms with Crippen LogP contribution in [0.5, 0.6) is 0 Å². The minimum Gasteiger partial charge on any atom is -0.456 e. The van der Waals surface area contributed by atoms with E-state index in [4.69, 9.17) is 16.3 Å². The summed E-state index contributed by atoms with van der Waals surface area (Å²) in [7, 11) is -9.68. The van der Waals surface area contributed by atoms with Gasteiger partial charge in [0.1, 0.15) is 5.60 Å². The fourth-order valence-corrected chi connectivity index (χ4v) is 6.69. The summed E-state index contributed by atoms with van der Waals surface area (Å²) in [6.07, 6.45) is 1.82. The van der Waals surface area contributed by atoms with Gasteiger partial charge in [-0.25, -0.2) is 26.4 Å². The number of halogens is 4. The van der Waals surface area contributed by atoms with E-state index in [-0.39, 0.29) is 47.3 Å². The maximum atomic E-state index is 13.4. The summed E-state index contributed by atoms with van der Waals surface area (Å²) in [6, 6.07) is 3.77. The number of nitrogens with zero attached hydrogens (tertiary/aromatic N) is 1. The number of carbonyl (C=O) groups is 1. The van der Waals surface area contributed by atoms with Crippen molar-refractivity contribution in [3.8, 4) is 0 Å². The lowest BCUT2D eigenvalue weighted by atomic mass is 9.75. The highest BCUT2D eigenvalue weighted by molar-refractivity contribution is 7.90. The number of sulfonamides is 2. The first kappa shape index (κ1) is 28.2. The van der Waals surface area contributed by atoms with E-state index in [9.17, 15) is 34.8 Å². The van der Waals surface area contributed by atoms with Crippen LogP contribution in [0.1, 0.15) is 56.8 Å². The molecule has 1 saturated carbocycles. The normalized spacial score (nSPS) is 20.0. The molecule has 0 atom stereocenters. The Hall–Kier alpha value is -1.41. The molecule has 0 aromatic heterocycles. The van der Waals surface area contributed by atoms with Crippen LogP contribution in [-0.2, 0) is 24.8 Å². The van der Waals surface area contributed by atoms with Crippen LogP contribution in [0.4, 0.5) is 13.2 Å². The average Bonchev–Trinajstić information content (AvgIpc) is 3.56. The molecular weight excluding hydrogens is 533 g/mol. The number of rotatable bonds is 7. The van der Waals surface area contributed by atoms with Crippen molar-refractivity contribution in [2.75, 3.05) is 19.6 Å². The number of benzene rings is 1. The molecule has 1 aliphatic carbocycles. The van der Waals surface area contributed by atoms with Crippen LogP contribution >= 0.6 is 11.6 Å². The van der Waals surface area contributed by atoms with Crippen LogP contribution in [0.2, 0.25) is 5.02 Å². The molecule has 0 bridgehead atoms. The van der Waals surface area contributed by atoms with Crippen LogP contribution < -0.4 is 4.72 Å². The van der Waals surface area contributed by atoms with Gasteiger partial charge in [-0.3, -0.25) is 0 Å². The predicted octanol–water partition coefficient (Wildman–Crippen LogP) is 3.92. The monoisotopic (exact) mass is 560 g/mol. The van der Waals surface area contributed by atoms with E-state index in [1.807, 2.05) is 0 Å².